The molecular weight excluding hydrogens is 437 g/mol. The molecule has 3 N–H and O–H groups in total. The maximum absolute atomic E-state index is 14.9. The van der Waals surface area contributed by atoms with Crippen molar-refractivity contribution in [2.75, 3.05) is 0 Å². The number of carboxylic acid groups (broad SMARTS) is 1. The van der Waals surface area contributed by atoms with Gasteiger partial charge in [0.25, 0.3) is 0 Å². The smallest absolute Gasteiger partial charge is 0.323 e. The van der Waals surface area contributed by atoms with E-state index in [0.717, 1.165) is 16.0 Å². The molecule has 7 heteroatoms. The van der Waals surface area contributed by atoms with Crippen LogP contribution in [0.1, 0.15) is 30.2 Å². The maximum atomic E-state index is 14.9. The molecule has 0 bridgehead atoms. The number of nitrogens with zero attached hydrogens (tertiary/aromatic N) is 2. The minimum atomic E-state index is -1.35. The Hall–Kier alpha value is -3.42. The van der Waals surface area contributed by atoms with Crippen LogP contribution in [0, 0.1) is 5.82 Å². The number of rotatable bonds is 7. The van der Waals surface area contributed by atoms with Crippen molar-refractivity contribution in [3.05, 3.63) is 95.5 Å². The minimum absolute atomic E-state index is 0.214. The molecule has 0 fully saturated rings. The Labute approximate surface area is 194 Å². The number of hydrogen-bond acceptors (Lipinski definition) is 5. The molecule has 0 radical (unpaired) electrons. The van der Waals surface area contributed by atoms with Gasteiger partial charge in [0.05, 0.1) is 11.1 Å². The average Bonchev–Trinajstić information content (AvgIpc) is 3.51. The predicted molar refractivity (Wildman–Crippen MR) is 128 cm³/mol. The van der Waals surface area contributed by atoms with Gasteiger partial charge in [-0.15, -0.1) is 0 Å². The number of fused-ring (bicyclic) bond motifs is 1. The van der Waals surface area contributed by atoms with Crippen molar-refractivity contribution in [2.24, 2.45) is 5.73 Å². The van der Waals surface area contributed by atoms with Crippen molar-refractivity contribution < 1.29 is 14.3 Å². The summed E-state index contributed by atoms with van der Waals surface area (Å²) in [7, 11) is 0. The highest BCUT2D eigenvalue weighted by Gasteiger charge is 2.39. The van der Waals surface area contributed by atoms with Crippen LogP contribution in [0.3, 0.4) is 0 Å². The van der Waals surface area contributed by atoms with Crippen LogP contribution >= 0.6 is 11.3 Å². The zero-order valence-electron chi connectivity index (χ0n) is 18.0. The van der Waals surface area contributed by atoms with E-state index in [4.69, 9.17) is 15.8 Å². The van der Waals surface area contributed by atoms with Gasteiger partial charge in [-0.3, -0.25) is 4.79 Å². The third-order valence-corrected chi connectivity index (χ3v) is 7.11. The second kappa shape index (κ2) is 7.86. The van der Waals surface area contributed by atoms with E-state index < -0.39 is 17.3 Å². The maximum Gasteiger partial charge on any atom is 0.323 e. The van der Waals surface area contributed by atoms with Crippen LogP contribution in [0.25, 0.3) is 20.9 Å². The number of hydrogen-bond donors (Lipinski definition) is 2. The zero-order valence-corrected chi connectivity index (χ0v) is 18.8. The Balaban J connectivity index is 1.41. The minimum Gasteiger partial charge on any atom is -0.480 e. The number of aliphatic carboxylic acids is 1. The lowest BCUT2D eigenvalue weighted by atomic mass is 9.89. The van der Waals surface area contributed by atoms with Crippen LogP contribution in [0.5, 0.6) is 0 Å². The number of pyridine rings is 1. The van der Waals surface area contributed by atoms with Gasteiger partial charge in [0.2, 0.25) is 0 Å². The second-order valence-electron chi connectivity index (χ2n) is 8.64. The molecule has 166 valence electrons. The number of carbonyl (C=O) groups is 1. The van der Waals surface area contributed by atoms with E-state index in [-0.39, 0.29) is 11.8 Å². The largest absolute Gasteiger partial charge is 0.480 e. The first-order valence-electron chi connectivity index (χ1n) is 10.6. The van der Waals surface area contributed by atoms with Crippen molar-refractivity contribution in [1.29, 1.82) is 0 Å². The van der Waals surface area contributed by atoms with Crippen molar-refractivity contribution in [3.63, 3.8) is 0 Å². The molecule has 2 heterocycles. The van der Waals surface area contributed by atoms with E-state index in [0.29, 0.717) is 22.6 Å². The van der Waals surface area contributed by atoms with Crippen LogP contribution in [0.2, 0.25) is 0 Å². The summed E-state index contributed by atoms with van der Waals surface area (Å²) in [5.41, 5.74) is 8.07. The summed E-state index contributed by atoms with van der Waals surface area (Å²) >= 11 is 1.36. The Kier molecular flexibility index (Phi) is 5.11. The number of halogens is 1. The molecule has 2 aromatic carbocycles. The predicted octanol–water partition coefficient (Wildman–Crippen LogP) is 5.09. The molecule has 0 saturated carbocycles. The van der Waals surface area contributed by atoms with Crippen molar-refractivity contribution in [3.8, 4) is 10.6 Å². The number of nitrogens with two attached hydrogens (primary N) is 1. The zero-order chi connectivity index (χ0) is 23.2. The van der Waals surface area contributed by atoms with E-state index in [1.54, 1.807) is 12.1 Å². The molecule has 33 heavy (non-hydrogen) atoms. The molecule has 0 aliphatic heterocycles. The van der Waals surface area contributed by atoms with Gasteiger partial charge in [0, 0.05) is 5.56 Å². The standard InChI is InChI=1S/C26H22FN3O2S/c1-25(28,24(31)32)12-11-16-7-8-18(19(27)15-16)22-29-20-9-10-21(30-23(20)33-22)26(13-14-26)17-5-3-2-4-6-17/h2-10,13-15H,11-12,28H2,1H3,(H,31,32)/t25-/m0/s1. The van der Waals surface area contributed by atoms with E-state index in [2.05, 4.69) is 29.3 Å². The molecule has 0 unspecified atom stereocenters. The normalized spacial score (nSPS) is 16.0. The van der Waals surface area contributed by atoms with Gasteiger partial charge in [-0.05, 0) is 55.2 Å². The highest BCUT2D eigenvalue weighted by Crippen LogP contribution is 2.45. The van der Waals surface area contributed by atoms with Gasteiger partial charge >= 0.3 is 5.97 Å². The summed E-state index contributed by atoms with van der Waals surface area (Å²) in [4.78, 5) is 21.4. The van der Waals surface area contributed by atoms with Gasteiger partial charge in [-0.25, -0.2) is 14.4 Å². The molecule has 5 nitrogen and oxygen atoms in total. The Morgan fingerprint density at radius 2 is 1.88 bits per heavy atom. The molecule has 0 spiro atoms. The SMILES string of the molecule is C[C@](N)(CCc1ccc(-c2nc3ccc(C4(c5ccccc5)C=C4)nc3s2)c(F)c1)C(=O)O. The summed E-state index contributed by atoms with van der Waals surface area (Å²) in [6.45, 7) is 1.46. The third kappa shape index (κ3) is 3.94. The summed E-state index contributed by atoms with van der Waals surface area (Å²) in [5, 5.41) is 9.72. The van der Waals surface area contributed by atoms with Crippen LogP contribution in [0.15, 0.2) is 72.8 Å². The number of thiazole rings is 1. The van der Waals surface area contributed by atoms with Crippen molar-refractivity contribution in [2.45, 2.75) is 30.7 Å². The molecule has 1 aliphatic rings. The fourth-order valence-electron chi connectivity index (χ4n) is 3.87. The molecule has 2 aromatic heterocycles. The Bertz CT molecular complexity index is 1390. The van der Waals surface area contributed by atoms with Gasteiger partial charge in [0.15, 0.2) is 0 Å². The monoisotopic (exact) mass is 459 g/mol. The van der Waals surface area contributed by atoms with Crippen LogP contribution in [0.4, 0.5) is 4.39 Å². The van der Waals surface area contributed by atoms with Crippen LogP contribution in [-0.4, -0.2) is 26.6 Å². The highest BCUT2D eigenvalue weighted by atomic mass is 32.1. The van der Waals surface area contributed by atoms with E-state index in [1.165, 1.54) is 29.9 Å². The topological polar surface area (TPSA) is 89.1 Å². The number of allylic oxidation sites excluding steroid dienone is 2. The summed E-state index contributed by atoms with van der Waals surface area (Å²) in [6, 6.07) is 19.0. The van der Waals surface area contributed by atoms with Crippen molar-refractivity contribution in [1.82, 2.24) is 9.97 Å². The average molecular weight is 460 g/mol. The fraction of sp³-hybridized carbons (Fsp3) is 0.192. The first-order chi connectivity index (χ1) is 15.8. The summed E-state index contributed by atoms with van der Waals surface area (Å²) in [5.74, 6) is -1.47. The molecule has 5 rings (SSSR count). The van der Waals surface area contributed by atoms with Crippen LogP contribution < -0.4 is 5.73 Å². The van der Waals surface area contributed by atoms with E-state index >= 15 is 0 Å². The van der Waals surface area contributed by atoms with Crippen LogP contribution in [-0.2, 0) is 16.6 Å². The van der Waals surface area contributed by atoms with Gasteiger partial charge in [0.1, 0.15) is 26.7 Å². The Morgan fingerprint density at radius 1 is 1.12 bits per heavy atom. The van der Waals surface area contributed by atoms with Gasteiger partial charge in [-0.2, -0.15) is 0 Å². The van der Waals surface area contributed by atoms with E-state index in [1.807, 2.05) is 30.3 Å². The number of benzene rings is 2. The summed E-state index contributed by atoms with van der Waals surface area (Å²) in [6.07, 6.45) is 4.85. The lowest BCUT2D eigenvalue weighted by Crippen LogP contribution is -2.45. The number of aryl methyl sites for hydroxylation is 1. The molecule has 1 aliphatic carbocycles. The molecule has 0 saturated heterocycles. The first-order valence-corrected chi connectivity index (χ1v) is 11.5. The van der Waals surface area contributed by atoms with Crippen molar-refractivity contribution >= 4 is 27.7 Å². The van der Waals surface area contributed by atoms with Gasteiger partial charge in [-0.1, -0.05) is 59.9 Å². The Morgan fingerprint density at radius 3 is 2.55 bits per heavy atom. The first kappa shape index (κ1) is 21.4. The molecule has 1 atom stereocenters. The molecule has 4 aromatic rings. The summed E-state index contributed by atoms with van der Waals surface area (Å²) < 4.78 is 14.9. The molecular formula is C26H22FN3O2S. The quantitative estimate of drug-likeness (QED) is 0.376. The second-order valence-corrected chi connectivity index (χ2v) is 9.62. The van der Waals surface area contributed by atoms with E-state index in [9.17, 15) is 9.18 Å². The fourth-order valence-corrected chi connectivity index (χ4v) is 4.83. The number of carboxylic acids is 1. The highest BCUT2D eigenvalue weighted by molar-refractivity contribution is 7.21. The number of aromatic nitrogens is 2. The lowest BCUT2D eigenvalue weighted by molar-refractivity contribution is -0.142. The third-order valence-electron chi connectivity index (χ3n) is 6.12. The van der Waals surface area contributed by atoms with Gasteiger partial charge < -0.3 is 10.8 Å². The lowest BCUT2D eigenvalue weighted by Gasteiger charge is -2.18. The molecule has 0 amide bonds.